The minimum absolute atomic E-state index is 0.00273. The van der Waals surface area contributed by atoms with Crippen LogP contribution in [-0.2, 0) is 40.5 Å². The quantitative estimate of drug-likeness (QED) is 0.0125. The molecule has 0 bridgehead atoms. The lowest BCUT2D eigenvalue weighted by molar-refractivity contribution is -0.143. The number of hydrogen-bond acceptors (Lipinski definition) is 24. The number of H-pyrrole nitrogens is 3. The van der Waals surface area contributed by atoms with Gasteiger partial charge in [0.1, 0.15) is 65.1 Å². The molecule has 16 rings (SSSR count). The molecule has 16 heterocycles. The number of rotatable bonds is 15. The highest BCUT2D eigenvalue weighted by atomic mass is 32.2. The van der Waals surface area contributed by atoms with Gasteiger partial charge in [-0.3, -0.25) is 47.3 Å². The summed E-state index contributed by atoms with van der Waals surface area (Å²) in [5.74, 6) is 0.570. The highest BCUT2D eigenvalue weighted by Crippen LogP contribution is 2.37. The van der Waals surface area contributed by atoms with Crippen molar-refractivity contribution in [2.24, 2.45) is 54.4 Å². The van der Waals surface area contributed by atoms with Gasteiger partial charge in [-0.2, -0.15) is 21.6 Å². The van der Waals surface area contributed by atoms with Gasteiger partial charge in [-0.05, 0) is 180 Å². The average molecular weight is 1840 g/mol. The number of carboxylic acids is 1. The summed E-state index contributed by atoms with van der Waals surface area (Å²) in [5, 5.41) is 33.7. The molecule has 8 saturated heterocycles. The van der Waals surface area contributed by atoms with E-state index in [1.807, 2.05) is 62.6 Å². The smallest absolute Gasteiger partial charge is 0.481 e. The second kappa shape index (κ2) is 48.7. The number of nitrogens with zero attached hydrogens (tertiary/aromatic N) is 16. The van der Waals surface area contributed by atoms with E-state index >= 15 is 0 Å². The zero-order chi connectivity index (χ0) is 90.8. The van der Waals surface area contributed by atoms with Crippen LogP contribution < -0.4 is 5.32 Å². The fourth-order valence-electron chi connectivity index (χ4n) is 16.5. The third kappa shape index (κ3) is 29.4. The minimum Gasteiger partial charge on any atom is -0.481 e. The minimum atomic E-state index is -5.59. The van der Waals surface area contributed by atoms with Gasteiger partial charge in [-0.25, -0.2) is 39.9 Å². The van der Waals surface area contributed by atoms with E-state index in [0.717, 1.165) is 228 Å². The Balaban J connectivity index is 0.000000164. The number of aliphatic carboxylic acids is 1. The van der Waals surface area contributed by atoms with Crippen LogP contribution in [0.3, 0.4) is 0 Å². The number of amides is 2. The molecule has 31 nitrogen and oxygen atoms in total. The first-order chi connectivity index (χ1) is 59.5. The van der Waals surface area contributed by atoms with Gasteiger partial charge in [-0.15, -0.1) is 6.58 Å². The Morgan fingerprint density at radius 1 is 0.472 bits per heavy atom. The van der Waals surface area contributed by atoms with Crippen LogP contribution in [-0.4, -0.2) is 263 Å². The summed E-state index contributed by atoms with van der Waals surface area (Å²) >= 11 is 0. The Bertz CT molecular complexity index is 4970. The zero-order valence-electron chi connectivity index (χ0n) is 72.0. The maximum atomic E-state index is 12.6. The highest BCUT2D eigenvalue weighted by molar-refractivity contribution is 7.87. The molecular formula is C84H123BF3N20O11P5S. The number of piperidine rings is 8. The number of Topliss-reactive ketones (excluding diaryl/α,β-unsaturated/α-hetero) is 2. The summed E-state index contributed by atoms with van der Waals surface area (Å²) in [7, 11) is 8.12. The van der Waals surface area contributed by atoms with Gasteiger partial charge in [0.05, 0.1) is 23.0 Å². The maximum Gasteiger partial charge on any atom is 0.534 e. The normalized spacial score (nSPS) is 22.3. The Morgan fingerprint density at radius 3 is 1.27 bits per heavy atom. The number of carbonyl (C=O) groups excluding carboxylic acids is 4. The molecule has 8 aromatic heterocycles. The molecule has 7 N–H and O–H groups in total. The predicted molar refractivity (Wildman–Crippen MR) is 500 cm³/mol. The summed E-state index contributed by atoms with van der Waals surface area (Å²) in [6.45, 7) is 38.6. The van der Waals surface area contributed by atoms with Gasteiger partial charge in [0.15, 0.2) is 5.78 Å². The number of likely N-dealkylation sites (tertiary alicyclic amines) is 2. The molecule has 0 aromatic carbocycles. The molecule has 2 amide bonds. The Hall–Kier alpha value is -7.64. The van der Waals surface area contributed by atoms with Crippen LogP contribution in [0.5, 0.6) is 0 Å². The van der Waals surface area contributed by atoms with Crippen molar-refractivity contribution >= 4 is 154 Å². The lowest BCUT2D eigenvalue weighted by Crippen LogP contribution is -2.41. The highest BCUT2D eigenvalue weighted by Gasteiger charge is 2.49. The van der Waals surface area contributed by atoms with Gasteiger partial charge in [0.25, 0.3) is 0 Å². The predicted octanol–water partition coefficient (Wildman–Crippen LogP) is 11.7. The molecule has 680 valence electrons. The molecule has 125 heavy (non-hydrogen) atoms. The molecule has 8 aromatic rings. The SMILES string of the molecule is C=C(B(O)O)C1CCCN(P)C1.C=C(OS(=O)(=O)C(F)(F)F)C1CCCN(P)C1.C=C(c1ncnc2[nH]ccc12)C1CCCN(C(C)=O)C1.C=C(c1ncnc2[nH]ccc12)C1CCCNC1.C=C(c1ncnc2c1ccn2C)C1CCCN(P)C1.CC(=O)C1CCCN(P)C1.CC(=O)N1CCCC(C(=O)c2ncnc3[nH]ccc23)C1.O=C(O)C1CCCN(P)C1. The molecule has 13 atom stereocenters. The number of hydrogen-bond donors (Lipinski definition) is 7. The van der Waals surface area contributed by atoms with Crippen molar-refractivity contribution < 1.29 is 64.9 Å². The molecule has 13 unspecified atom stereocenters. The second-order valence-electron chi connectivity index (χ2n) is 32.9. The van der Waals surface area contributed by atoms with E-state index in [0.29, 0.717) is 66.4 Å². The number of aromatic amines is 3. The van der Waals surface area contributed by atoms with Crippen LogP contribution in [0.1, 0.15) is 151 Å². The standard InChI is InChI=1S/C15H18N4O.C14H16N4O2.C14H19N4P.C13H16N4.C8H13F3NO3PS.C7H15BNO2P.C7H14NOP.C6H12NO2P/c1-10(12-4-3-7-19(8-12)11(2)20)14-13-5-6-16-15(13)18-9-17-14;1-9(19)18-6-2-3-10(7-18)13(20)12-11-4-5-15-14(11)17-8-16-12;1-10(11-4-3-6-18(19)8-11)13-12-5-7-17(2)14(12)16-9-15-13;1-9(10-3-2-5-14-7-10)12-11-4-6-15-13(11)17-8-16-12;1-6(7-3-2-4-12(16)5-7)15-17(13,14)8(9,10)11;1-6(8(10)11)7-3-2-4-9(12)5-7;1-6(9)7-3-2-4-8(10)5-7;8-6(9)5-2-1-3-7(10)4-5/h5-6,9,12H,1,3-4,7-8H2,2H3,(H,16,17,18);4-5,8,10H,2-3,6-7H2,1H3,(H,15,16,17);5,7,9,11H,1,3-4,6,8,19H2,2H3;4,6,8,10,14H,1-3,5,7H2,(H,15,16,17);7H,1-5,16H2;7,10-11H,1-5,12H2;7H,2-5,10H2,1H3;5H,1-4,10H2,(H,8,9). The molecule has 8 fully saturated rings. The third-order valence-electron chi connectivity index (χ3n) is 23.7. The number of halogens is 3. The van der Waals surface area contributed by atoms with E-state index in [9.17, 15) is 45.6 Å². The Morgan fingerprint density at radius 2 is 0.840 bits per heavy atom. The lowest BCUT2D eigenvalue weighted by atomic mass is 9.70. The van der Waals surface area contributed by atoms with E-state index in [1.54, 1.807) is 50.8 Å². The number of fused-ring (bicyclic) bond motifs is 4. The number of aromatic nitrogens is 12. The maximum absolute atomic E-state index is 12.6. The Labute approximate surface area is 742 Å². The summed E-state index contributed by atoms with van der Waals surface area (Å²) < 4.78 is 74.1. The van der Waals surface area contributed by atoms with E-state index in [-0.39, 0.29) is 47.0 Å². The van der Waals surface area contributed by atoms with Gasteiger partial charge < -0.3 is 54.0 Å². The van der Waals surface area contributed by atoms with Crippen molar-refractivity contribution in [1.82, 2.24) is 97.9 Å². The van der Waals surface area contributed by atoms with Crippen LogP contribution in [0.4, 0.5) is 13.2 Å². The van der Waals surface area contributed by atoms with Crippen LogP contribution in [0.25, 0.3) is 60.9 Å². The average Bonchev–Trinajstić information content (AvgIpc) is 1.55. The monoisotopic (exact) mass is 1840 g/mol. The Kier molecular flexibility index (Phi) is 39.4. The summed E-state index contributed by atoms with van der Waals surface area (Å²) in [4.78, 5) is 104. The van der Waals surface area contributed by atoms with E-state index in [2.05, 4.69) is 164 Å². The van der Waals surface area contributed by atoms with Crippen molar-refractivity contribution in [3.8, 4) is 0 Å². The first-order valence-corrected chi connectivity index (χ1v) is 46.4. The van der Waals surface area contributed by atoms with Gasteiger partial charge in [0.2, 0.25) is 11.8 Å². The molecule has 0 radical (unpaired) electrons. The third-order valence-corrected chi connectivity index (χ3v) is 27.1. The van der Waals surface area contributed by atoms with Crippen molar-refractivity contribution in [3.63, 3.8) is 0 Å². The van der Waals surface area contributed by atoms with Crippen molar-refractivity contribution in [1.29, 1.82) is 0 Å². The second-order valence-corrected chi connectivity index (χ2v) is 38.1. The van der Waals surface area contributed by atoms with E-state index in [4.69, 9.17) is 15.2 Å². The van der Waals surface area contributed by atoms with E-state index < -0.39 is 34.6 Å². The van der Waals surface area contributed by atoms with Crippen LogP contribution >= 0.6 is 47.0 Å². The van der Waals surface area contributed by atoms with Gasteiger partial charge >= 0.3 is 28.7 Å². The number of aryl methyl sites for hydroxylation is 1. The first-order valence-electron chi connectivity index (χ1n) is 42.4. The summed E-state index contributed by atoms with van der Waals surface area (Å²) in [6, 6.07) is 7.89. The number of carboxylic acid groups (broad SMARTS) is 1. The van der Waals surface area contributed by atoms with Gasteiger partial charge in [-0.1, -0.05) is 73.3 Å². The molecule has 8 aliphatic rings. The molecule has 0 spiro atoms. The largest absolute Gasteiger partial charge is 0.534 e. The lowest BCUT2D eigenvalue weighted by Gasteiger charge is -2.33. The number of carbonyl (C=O) groups is 5. The van der Waals surface area contributed by atoms with E-state index in [1.165, 1.54) is 32.0 Å². The van der Waals surface area contributed by atoms with Crippen LogP contribution in [0.15, 0.2) is 118 Å². The zero-order valence-corrected chi connectivity index (χ0v) is 78.6. The fourth-order valence-corrected chi connectivity index (χ4v) is 19.2. The molecule has 41 heteroatoms. The van der Waals surface area contributed by atoms with Crippen molar-refractivity contribution in [3.05, 3.63) is 141 Å². The van der Waals surface area contributed by atoms with Crippen molar-refractivity contribution in [2.45, 2.75) is 129 Å². The summed E-state index contributed by atoms with van der Waals surface area (Å²) in [6.07, 6.45) is 29.8. The molecule has 0 aliphatic carbocycles. The van der Waals surface area contributed by atoms with Crippen molar-refractivity contribution in [2.75, 3.05) is 105 Å². The van der Waals surface area contributed by atoms with Crippen LogP contribution in [0, 0.1) is 47.3 Å². The number of ketones is 2. The molecular weight excluding hydrogens is 1720 g/mol. The fraction of sp³-hybridized carbons (Fsp3) is 0.536. The number of nitrogens with one attached hydrogen (secondary N) is 4. The topological polar surface area (TPSA) is 380 Å². The molecule has 0 saturated carbocycles. The number of alkyl halides is 3. The summed E-state index contributed by atoms with van der Waals surface area (Å²) in [5.41, 5.74) is 5.12. The first kappa shape index (κ1) is 101. The van der Waals surface area contributed by atoms with Crippen LogP contribution in [0.2, 0.25) is 0 Å². The molecule has 8 aliphatic heterocycles. The van der Waals surface area contributed by atoms with Gasteiger partial charge in [0, 0.05) is 189 Å².